The topological polar surface area (TPSA) is 76.0 Å². The Labute approximate surface area is 171 Å². The molecule has 1 aromatic carbocycles. The standard InChI is InChI=1S/C23H23BN2O3/c1-4-14(2)6-5-7-20(27)19-12-17(13-25-19)23(28)21-15(3)29-26-22(21)16-8-10-18(24)11-9-16/h5,7-14,25H,4,6H2,1-3H3/b7-5-. The summed E-state index contributed by atoms with van der Waals surface area (Å²) in [6, 6.07) is 8.63. The number of aromatic nitrogens is 2. The summed E-state index contributed by atoms with van der Waals surface area (Å²) >= 11 is 0. The van der Waals surface area contributed by atoms with Crippen LogP contribution in [0.5, 0.6) is 0 Å². The minimum atomic E-state index is -0.255. The van der Waals surface area contributed by atoms with Crippen LogP contribution in [0, 0.1) is 12.8 Å². The molecule has 1 N–H and O–H groups in total. The molecule has 29 heavy (non-hydrogen) atoms. The Balaban J connectivity index is 1.83. The molecule has 3 aromatic rings. The van der Waals surface area contributed by atoms with Gasteiger partial charge in [0.25, 0.3) is 0 Å². The third-order valence-corrected chi connectivity index (χ3v) is 4.99. The molecule has 0 aliphatic carbocycles. The maximum Gasteiger partial charge on any atom is 0.201 e. The number of hydrogen-bond donors (Lipinski definition) is 1. The molecule has 0 spiro atoms. The number of allylic oxidation sites excluding steroid dienone is 2. The highest BCUT2D eigenvalue weighted by Crippen LogP contribution is 2.27. The minimum absolute atomic E-state index is 0.159. The summed E-state index contributed by atoms with van der Waals surface area (Å²) in [6.07, 6.45) is 6.88. The summed E-state index contributed by atoms with van der Waals surface area (Å²) < 4.78 is 5.27. The summed E-state index contributed by atoms with van der Waals surface area (Å²) in [5.41, 5.74) is 2.94. The van der Waals surface area contributed by atoms with Crippen molar-refractivity contribution in [3.8, 4) is 11.3 Å². The van der Waals surface area contributed by atoms with Crippen LogP contribution in [0.15, 0.2) is 53.2 Å². The average molecular weight is 386 g/mol. The first-order valence-corrected chi connectivity index (χ1v) is 9.66. The first kappa shape index (κ1) is 20.6. The molecule has 1 atom stereocenters. The predicted molar refractivity (Wildman–Crippen MR) is 114 cm³/mol. The van der Waals surface area contributed by atoms with E-state index in [0.29, 0.717) is 39.7 Å². The number of H-pyrrole nitrogens is 1. The van der Waals surface area contributed by atoms with Gasteiger partial charge in [-0.05, 0) is 31.4 Å². The van der Waals surface area contributed by atoms with Gasteiger partial charge in [-0.15, -0.1) is 0 Å². The molecular formula is C23H23BN2O3. The van der Waals surface area contributed by atoms with Crippen molar-refractivity contribution in [3.05, 3.63) is 71.3 Å². The maximum atomic E-state index is 13.1. The lowest BCUT2D eigenvalue weighted by molar-refractivity contribution is 0.103. The molecule has 0 bridgehead atoms. The number of hydrogen-bond acceptors (Lipinski definition) is 4. The lowest BCUT2D eigenvalue weighted by Gasteiger charge is -2.02. The molecule has 0 aliphatic rings. The molecule has 5 nitrogen and oxygen atoms in total. The number of aromatic amines is 1. The van der Waals surface area contributed by atoms with Crippen LogP contribution in [0.2, 0.25) is 0 Å². The first-order chi connectivity index (χ1) is 13.9. The number of carbonyl (C=O) groups excluding carboxylic acids is 2. The highest BCUT2D eigenvalue weighted by Gasteiger charge is 2.24. The zero-order valence-corrected chi connectivity index (χ0v) is 16.9. The summed E-state index contributed by atoms with van der Waals surface area (Å²) in [5.74, 6) is 0.537. The number of nitrogens with zero attached hydrogens (tertiary/aromatic N) is 1. The highest BCUT2D eigenvalue weighted by molar-refractivity contribution is 6.32. The lowest BCUT2D eigenvalue weighted by Crippen LogP contribution is -2.04. The van der Waals surface area contributed by atoms with Gasteiger partial charge in [-0.25, -0.2) is 0 Å². The second-order valence-corrected chi connectivity index (χ2v) is 7.23. The maximum absolute atomic E-state index is 13.1. The van der Waals surface area contributed by atoms with Gasteiger partial charge in [0.2, 0.25) is 5.78 Å². The van der Waals surface area contributed by atoms with E-state index in [1.807, 2.05) is 6.08 Å². The van der Waals surface area contributed by atoms with Gasteiger partial charge in [0.15, 0.2) is 5.78 Å². The fraction of sp³-hybridized carbons (Fsp3) is 0.261. The van der Waals surface area contributed by atoms with Crippen LogP contribution in [-0.4, -0.2) is 29.6 Å². The zero-order chi connectivity index (χ0) is 21.0. The molecule has 0 saturated carbocycles. The van der Waals surface area contributed by atoms with Crippen molar-refractivity contribution in [1.82, 2.24) is 10.1 Å². The predicted octanol–water partition coefficient (Wildman–Crippen LogP) is 4.18. The molecular weight excluding hydrogens is 363 g/mol. The van der Waals surface area contributed by atoms with E-state index in [9.17, 15) is 9.59 Å². The monoisotopic (exact) mass is 386 g/mol. The van der Waals surface area contributed by atoms with Gasteiger partial charge >= 0.3 is 0 Å². The van der Waals surface area contributed by atoms with Gasteiger partial charge in [-0.3, -0.25) is 9.59 Å². The van der Waals surface area contributed by atoms with E-state index in [0.717, 1.165) is 18.4 Å². The third-order valence-electron chi connectivity index (χ3n) is 4.99. The molecule has 0 aliphatic heterocycles. The minimum Gasteiger partial charge on any atom is -0.360 e. The van der Waals surface area contributed by atoms with Crippen molar-refractivity contribution in [1.29, 1.82) is 0 Å². The van der Waals surface area contributed by atoms with Gasteiger partial charge < -0.3 is 9.51 Å². The molecule has 3 rings (SSSR count). The van der Waals surface area contributed by atoms with Crippen LogP contribution in [0.4, 0.5) is 0 Å². The fourth-order valence-corrected chi connectivity index (χ4v) is 2.95. The van der Waals surface area contributed by atoms with Crippen molar-refractivity contribution in [2.75, 3.05) is 0 Å². The number of carbonyl (C=O) groups is 2. The second kappa shape index (κ2) is 8.90. The van der Waals surface area contributed by atoms with Gasteiger partial charge in [-0.1, -0.05) is 61.2 Å². The Morgan fingerprint density at radius 3 is 2.69 bits per heavy atom. The van der Waals surface area contributed by atoms with Gasteiger partial charge in [0.05, 0.1) is 11.3 Å². The Kier molecular flexibility index (Phi) is 6.32. The second-order valence-electron chi connectivity index (χ2n) is 7.23. The van der Waals surface area contributed by atoms with Crippen molar-refractivity contribution < 1.29 is 14.1 Å². The van der Waals surface area contributed by atoms with Crippen LogP contribution in [-0.2, 0) is 0 Å². The zero-order valence-electron chi connectivity index (χ0n) is 16.9. The third kappa shape index (κ3) is 4.65. The van der Waals surface area contributed by atoms with E-state index in [2.05, 4.69) is 24.0 Å². The van der Waals surface area contributed by atoms with E-state index in [1.165, 1.54) is 6.20 Å². The number of nitrogens with one attached hydrogen (secondary N) is 1. The SMILES string of the molecule is [B]c1ccc(-c2noc(C)c2C(=O)c2c[nH]c(C(=O)/C=C\CC(C)CC)c2)cc1. The van der Waals surface area contributed by atoms with Crippen LogP contribution < -0.4 is 5.46 Å². The Morgan fingerprint density at radius 2 is 2.00 bits per heavy atom. The van der Waals surface area contributed by atoms with Gasteiger partial charge in [0.1, 0.15) is 19.3 Å². The van der Waals surface area contributed by atoms with E-state index >= 15 is 0 Å². The Bertz CT molecular complexity index is 1040. The summed E-state index contributed by atoms with van der Waals surface area (Å²) in [4.78, 5) is 28.3. The molecule has 0 amide bonds. The lowest BCUT2D eigenvalue weighted by atomic mass is 9.93. The van der Waals surface area contributed by atoms with Crippen LogP contribution in [0.25, 0.3) is 11.3 Å². The molecule has 2 radical (unpaired) electrons. The van der Waals surface area contributed by atoms with Crippen LogP contribution >= 0.6 is 0 Å². The quantitative estimate of drug-likeness (QED) is 0.358. The molecule has 6 heteroatoms. The fourth-order valence-electron chi connectivity index (χ4n) is 2.95. The van der Waals surface area contributed by atoms with Crippen molar-refractivity contribution in [2.45, 2.75) is 33.6 Å². The Hall–Kier alpha value is -3.15. The molecule has 2 aromatic heterocycles. The van der Waals surface area contributed by atoms with Crippen molar-refractivity contribution in [2.24, 2.45) is 5.92 Å². The van der Waals surface area contributed by atoms with Gasteiger partial charge in [0, 0.05) is 17.3 Å². The molecule has 1 unspecified atom stereocenters. The largest absolute Gasteiger partial charge is 0.360 e. The number of rotatable bonds is 8. The molecule has 0 fully saturated rings. The summed E-state index contributed by atoms with van der Waals surface area (Å²) in [6.45, 7) is 5.95. The van der Waals surface area contributed by atoms with Crippen molar-refractivity contribution in [3.63, 3.8) is 0 Å². The van der Waals surface area contributed by atoms with Crippen LogP contribution in [0.3, 0.4) is 0 Å². The smallest absolute Gasteiger partial charge is 0.201 e. The molecule has 146 valence electrons. The van der Waals surface area contributed by atoms with Crippen LogP contribution in [0.1, 0.15) is 58.9 Å². The van der Waals surface area contributed by atoms with E-state index < -0.39 is 0 Å². The van der Waals surface area contributed by atoms with E-state index in [4.69, 9.17) is 12.4 Å². The Morgan fingerprint density at radius 1 is 1.28 bits per heavy atom. The van der Waals surface area contributed by atoms with E-state index in [-0.39, 0.29) is 11.6 Å². The first-order valence-electron chi connectivity index (χ1n) is 9.66. The van der Waals surface area contributed by atoms with Crippen molar-refractivity contribution >= 4 is 24.9 Å². The van der Waals surface area contributed by atoms with E-state index in [1.54, 1.807) is 43.3 Å². The summed E-state index contributed by atoms with van der Waals surface area (Å²) in [7, 11) is 5.74. The average Bonchev–Trinajstić information content (AvgIpc) is 3.35. The number of benzene rings is 1. The number of aryl methyl sites for hydroxylation is 1. The molecule has 2 heterocycles. The van der Waals surface area contributed by atoms with Gasteiger partial charge in [-0.2, -0.15) is 0 Å². The summed E-state index contributed by atoms with van der Waals surface area (Å²) in [5, 5.41) is 4.04. The highest BCUT2D eigenvalue weighted by atomic mass is 16.5. The molecule has 0 saturated heterocycles. The number of ketones is 2. The normalized spacial score (nSPS) is 12.4.